The first kappa shape index (κ1) is 10.6. The van der Waals surface area contributed by atoms with Gasteiger partial charge < -0.3 is 5.73 Å². The molecule has 0 aromatic carbocycles. The fourth-order valence-corrected chi connectivity index (χ4v) is 1.56. The van der Waals surface area contributed by atoms with Gasteiger partial charge in [-0.2, -0.15) is 5.10 Å². The molecule has 5 nitrogen and oxygen atoms in total. The fourth-order valence-electron chi connectivity index (χ4n) is 1.56. The fraction of sp³-hybridized carbons (Fsp3) is 0.364. The Hall–Kier alpha value is -1.91. The van der Waals surface area contributed by atoms with Crippen molar-refractivity contribution in [2.75, 3.05) is 5.73 Å². The van der Waals surface area contributed by atoms with Crippen LogP contribution < -0.4 is 5.73 Å². The zero-order valence-electron chi connectivity index (χ0n) is 9.49. The van der Waals surface area contributed by atoms with Gasteiger partial charge >= 0.3 is 0 Å². The van der Waals surface area contributed by atoms with Crippen LogP contribution in [0.5, 0.6) is 0 Å². The number of aromatic amines is 1. The molecule has 0 spiro atoms. The molecule has 0 amide bonds. The van der Waals surface area contributed by atoms with Gasteiger partial charge in [0.05, 0.1) is 11.4 Å². The van der Waals surface area contributed by atoms with Gasteiger partial charge in [-0.1, -0.05) is 13.3 Å². The average molecular weight is 217 g/mol. The number of aryl methyl sites for hydroxylation is 2. The van der Waals surface area contributed by atoms with E-state index in [4.69, 9.17) is 5.73 Å². The van der Waals surface area contributed by atoms with E-state index in [1.54, 1.807) is 6.07 Å². The summed E-state index contributed by atoms with van der Waals surface area (Å²) in [6, 6.07) is 1.77. The van der Waals surface area contributed by atoms with Gasteiger partial charge in [-0.15, -0.1) is 0 Å². The Morgan fingerprint density at radius 1 is 1.44 bits per heavy atom. The standard InChI is InChI=1S/C11H15N5/c1-3-4-8-6-13-7(2)11(14-8)9-5-10(12)16-15-9/h5-6H,3-4H2,1-2H3,(H3,12,15,16). The second-order valence-corrected chi connectivity index (χ2v) is 3.75. The summed E-state index contributed by atoms with van der Waals surface area (Å²) >= 11 is 0. The Kier molecular flexibility index (Phi) is 2.85. The molecule has 2 heterocycles. The largest absolute Gasteiger partial charge is 0.384 e. The van der Waals surface area contributed by atoms with E-state index in [9.17, 15) is 0 Å². The number of nitrogens with zero attached hydrogens (tertiary/aromatic N) is 3. The van der Waals surface area contributed by atoms with Crippen LogP contribution in [0.1, 0.15) is 24.7 Å². The van der Waals surface area contributed by atoms with Crippen molar-refractivity contribution in [3.05, 3.63) is 23.7 Å². The molecule has 0 bridgehead atoms. The van der Waals surface area contributed by atoms with E-state index in [2.05, 4.69) is 27.1 Å². The number of nitrogens with two attached hydrogens (primary N) is 1. The van der Waals surface area contributed by atoms with Gasteiger partial charge in [-0.05, 0) is 13.3 Å². The topological polar surface area (TPSA) is 80.5 Å². The zero-order valence-corrected chi connectivity index (χ0v) is 9.49. The second-order valence-electron chi connectivity index (χ2n) is 3.75. The van der Waals surface area contributed by atoms with Gasteiger partial charge in [-0.25, -0.2) is 4.98 Å². The van der Waals surface area contributed by atoms with Gasteiger partial charge in [0.15, 0.2) is 0 Å². The minimum absolute atomic E-state index is 0.539. The number of aromatic nitrogens is 4. The number of hydrogen-bond donors (Lipinski definition) is 2. The first-order chi connectivity index (χ1) is 7.70. The lowest BCUT2D eigenvalue weighted by Gasteiger charge is -2.03. The maximum atomic E-state index is 5.60. The molecule has 0 radical (unpaired) electrons. The first-order valence-corrected chi connectivity index (χ1v) is 5.34. The van der Waals surface area contributed by atoms with E-state index >= 15 is 0 Å². The molecule has 3 N–H and O–H groups in total. The molecule has 0 aliphatic rings. The molecular formula is C11H15N5. The van der Waals surface area contributed by atoms with Gasteiger partial charge in [0.25, 0.3) is 0 Å². The molecule has 0 unspecified atom stereocenters. The predicted molar refractivity (Wildman–Crippen MR) is 62.8 cm³/mol. The maximum absolute atomic E-state index is 5.60. The Bertz CT molecular complexity index is 489. The smallest absolute Gasteiger partial charge is 0.119 e. The number of hydrogen-bond acceptors (Lipinski definition) is 4. The molecule has 2 aromatic rings. The van der Waals surface area contributed by atoms with Crippen molar-refractivity contribution < 1.29 is 0 Å². The summed E-state index contributed by atoms with van der Waals surface area (Å²) in [5.41, 5.74) is 9.01. The van der Waals surface area contributed by atoms with Crippen molar-refractivity contribution in [1.82, 2.24) is 20.2 Å². The lowest BCUT2D eigenvalue weighted by molar-refractivity contribution is 0.865. The Morgan fingerprint density at radius 3 is 2.88 bits per heavy atom. The lowest BCUT2D eigenvalue weighted by atomic mass is 10.2. The molecule has 84 valence electrons. The molecule has 0 saturated heterocycles. The third kappa shape index (κ3) is 2.03. The number of nitrogen functional groups attached to an aromatic ring is 1. The summed E-state index contributed by atoms with van der Waals surface area (Å²) in [7, 11) is 0. The van der Waals surface area contributed by atoms with Crippen molar-refractivity contribution in [2.45, 2.75) is 26.7 Å². The van der Waals surface area contributed by atoms with Crippen LogP contribution in [0.2, 0.25) is 0 Å². The quantitative estimate of drug-likeness (QED) is 0.820. The van der Waals surface area contributed by atoms with Crippen LogP contribution in [-0.2, 0) is 6.42 Å². The summed E-state index contributed by atoms with van der Waals surface area (Å²) < 4.78 is 0. The zero-order chi connectivity index (χ0) is 11.5. The van der Waals surface area contributed by atoms with Crippen LogP contribution in [0.3, 0.4) is 0 Å². The molecule has 0 aliphatic heterocycles. The highest BCUT2D eigenvalue weighted by atomic mass is 15.2. The van der Waals surface area contributed by atoms with Crippen LogP contribution in [0, 0.1) is 6.92 Å². The first-order valence-electron chi connectivity index (χ1n) is 5.34. The van der Waals surface area contributed by atoms with Crippen molar-refractivity contribution in [2.24, 2.45) is 0 Å². The lowest BCUT2D eigenvalue weighted by Crippen LogP contribution is -1.98. The molecule has 0 fully saturated rings. The van der Waals surface area contributed by atoms with Crippen molar-refractivity contribution in [1.29, 1.82) is 0 Å². The normalized spacial score (nSPS) is 10.6. The number of rotatable bonds is 3. The van der Waals surface area contributed by atoms with E-state index in [1.165, 1.54) is 0 Å². The predicted octanol–water partition coefficient (Wildman–Crippen LogP) is 1.71. The third-order valence-corrected chi connectivity index (χ3v) is 2.35. The highest BCUT2D eigenvalue weighted by Gasteiger charge is 2.09. The SMILES string of the molecule is CCCc1cnc(C)c(-c2cc(N)[nH]n2)n1. The molecule has 0 aliphatic carbocycles. The molecular weight excluding hydrogens is 202 g/mol. The molecule has 0 saturated carbocycles. The molecule has 16 heavy (non-hydrogen) atoms. The Labute approximate surface area is 94.1 Å². The van der Waals surface area contributed by atoms with Gasteiger partial charge in [0.1, 0.15) is 17.2 Å². The molecule has 2 rings (SSSR count). The summed E-state index contributed by atoms with van der Waals surface area (Å²) in [6.07, 6.45) is 3.80. The van der Waals surface area contributed by atoms with Crippen LogP contribution in [0.15, 0.2) is 12.3 Å². The summed E-state index contributed by atoms with van der Waals surface area (Å²) in [6.45, 7) is 4.04. The minimum Gasteiger partial charge on any atom is -0.384 e. The summed E-state index contributed by atoms with van der Waals surface area (Å²) in [4.78, 5) is 8.87. The van der Waals surface area contributed by atoms with Crippen molar-refractivity contribution >= 4 is 5.82 Å². The number of H-pyrrole nitrogens is 1. The van der Waals surface area contributed by atoms with Crippen molar-refractivity contribution in [3.8, 4) is 11.4 Å². The van der Waals surface area contributed by atoms with Crippen LogP contribution >= 0.6 is 0 Å². The monoisotopic (exact) mass is 217 g/mol. The van der Waals surface area contributed by atoms with Crippen LogP contribution in [-0.4, -0.2) is 20.2 Å². The average Bonchev–Trinajstić information content (AvgIpc) is 2.68. The van der Waals surface area contributed by atoms with E-state index in [0.29, 0.717) is 5.82 Å². The maximum Gasteiger partial charge on any atom is 0.119 e. The van der Waals surface area contributed by atoms with Crippen LogP contribution in [0.4, 0.5) is 5.82 Å². The summed E-state index contributed by atoms with van der Waals surface area (Å²) in [5.74, 6) is 0.539. The highest BCUT2D eigenvalue weighted by molar-refractivity contribution is 5.59. The molecule has 5 heteroatoms. The van der Waals surface area contributed by atoms with E-state index in [-0.39, 0.29) is 0 Å². The van der Waals surface area contributed by atoms with Gasteiger partial charge in [0, 0.05) is 12.3 Å². The molecule has 2 aromatic heterocycles. The number of anilines is 1. The van der Waals surface area contributed by atoms with E-state index in [0.717, 1.165) is 35.6 Å². The van der Waals surface area contributed by atoms with E-state index in [1.807, 2.05) is 13.1 Å². The highest BCUT2D eigenvalue weighted by Crippen LogP contribution is 2.19. The van der Waals surface area contributed by atoms with E-state index < -0.39 is 0 Å². The Balaban J connectivity index is 2.42. The second kappa shape index (κ2) is 4.30. The molecule has 0 atom stereocenters. The third-order valence-electron chi connectivity index (χ3n) is 2.35. The Morgan fingerprint density at radius 2 is 2.25 bits per heavy atom. The van der Waals surface area contributed by atoms with Crippen LogP contribution in [0.25, 0.3) is 11.4 Å². The van der Waals surface area contributed by atoms with Crippen molar-refractivity contribution in [3.63, 3.8) is 0 Å². The number of nitrogens with one attached hydrogen (secondary N) is 1. The van der Waals surface area contributed by atoms with Gasteiger partial charge in [-0.3, -0.25) is 10.1 Å². The minimum atomic E-state index is 0.539. The summed E-state index contributed by atoms with van der Waals surface area (Å²) in [5, 5.41) is 6.80. The van der Waals surface area contributed by atoms with Gasteiger partial charge in [0.2, 0.25) is 0 Å².